The maximum Gasteiger partial charge on any atom is 0.181 e. The van der Waals surface area contributed by atoms with Crippen molar-refractivity contribution in [1.82, 2.24) is 0 Å². The van der Waals surface area contributed by atoms with Crippen LogP contribution in [0.15, 0.2) is 72.8 Å². The van der Waals surface area contributed by atoms with Gasteiger partial charge in [-0.2, -0.15) is 0 Å². The van der Waals surface area contributed by atoms with Crippen molar-refractivity contribution < 1.29 is 9.47 Å². The Kier molecular flexibility index (Phi) is 5.63. The summed E-state index contributed by atoms with van der Waals surface area (Å²) in [7, 11) is 0. The van der Waals surface area contributed by atoms with Gasteiger partial charge >= 0.3 is 0 Å². The molecule has 0 atom stereocenters. The van der Waals surface area contributed by atoms with Gasteiger partial charge in [-0.15, -0.1) is 0 Å². The van der Waals surface area contributed by atoms with Crippen molar-refractivity contribution in [3.05, 3.63) is 94.0 Å². The smallest absolute Gasteiger partial charge is 0.181 e. The molecule has 0 heterocycles. The lowest BCUT2D eigenvalue weighted by Gasteiger charge is -2.15. The molecule has 4 heteroatoms. The summed E-state index contributed by atoms with van der Waals surface area (Å²) in [5.74, 6) is 1.04. The molecule has 0 saturated carbocycles. The van der Waals surface area contributed by atoms with Crippen molar-refractivity contribution in [2.45, 2.75) is 13.2 Å². The minimum absolute atomic E-state index is 0.359. The molecule has 0 aromatic heterocycles. The van der Waals surface area contributed by atoms with Crippen LogP contribution in [-0.2, 0) is 13.2 Å². The van der Waals surface area contributed by atoms with E-state index in [1.165, 1.54) is 0 Å². The van der Waals surface area contributed by atoms with Gasteiger partial charge in [0.05, 0.1) is 5.02 Å². The summed E-state index contributed by atoms with van der Waals surface area (Å²) in [6.45, 7) is 0.823. The molecule has 3 rings (SSSR count). The number of ether oxygens (including phenoxy) is 2. The van der Waals surface area contributed by atoms with E-state index in [1.54, 1.807) is 12.1 Å². The van der Waals surface area contributed by atoms with Crippen LogP contribution in [0, 0.1) is 0 Å². The van der Waals surface area contributed by atoms with Gasteiger partial charge in [-0.1, -0.05) is 83.9 Å². The van der Waals surface area contributed by atoms with Crippen LogP contribution in [0.5, 0.6) is 11.5 Å². The third-order valence-corrected chi connectivity index (χ3v) is 4.26. The van der Waals surface area contributed by atoms with Crippen LogP contribution < -0.4 is 9.47 Å². The highest BCUT2D eigenvalue weighted by Gasteiger charge is 2.14. The average Bonchev–Trinajstić information content (AvgIpc) is 2.63. The van der Waals surface area contributed by atoms with Crippen LogP contribution >= 0.6 is 23.2 Å². The predicted octanol–water partition coefficient (Wildman–Crippen LogP) is 6.15. The highest BCUT2D eigenvalue weighted by Crippen LogP contribution is 2.40. The van der Waals surface area contributed by atoms with Crippen molar-refractivity contribution in [2.75, 3.05) is 0 Å². The summed E-state index contributed by atoms with van der Waals surface area (Å²) in [5, 5.41) is 0.796. The fraction of sp³-hybridized carbons (Fsp3) is 0.100. The van der Waals surface area contributed by atoms with Crippen LogP contribution in [0.25, 0.3) is 0 Å². The Morgan fingerprint density at radius 1 is 0.625 bits per heavy atom. The third-order valence-electron chi connectivity index (χ3n) is 3.48. The van der Waals surface area contributed by atoms with Gasteiger partial charge in [0.25, 0.3) is 0 Å². The minimum Gasteiger partial charge on any atom is -0.485 e. The molecular formula is C20H16Cl2O2. The second-order valence-electron chi connectivity index (χ2n) is 5.24. The maximum absolute atomic E-state index is 6.31. The molecule has 0 fully saturated rings. The van der Waals surface area contributed by atoms with E-state index in [9.17, 15) is 0 Å². The molecular weight excluding hydrogens is 343 g/mol. The van der Waals surface area contributed by atoms with Gasteiger partial charge in [-0.25, -0.2) is 0 Å². The summed E-state index contributed by atoms with van der Waals surface area (Å²) < 4.78 is 11.8. The first-order valence-corrected chi connectivity index (χ1v) is 8.31. The summed E-state index contributed by atoms with van der Waals surface area (Å²) in [4.78, 5) is 0. The lowest BCUT2D eigenvalue weighted by Crippen LogP contribution is -2.01. The van der Waals surface area contributed by atoms with E-state index < -0.39 is 0 Å². The Hall–Kier alpha value is -2.16. The van der Waals surface area contributed by atoms with E-state index in [2.05, 4.69) is 0 Å². The van der Waals surface area contributed by atoms with Crippen molar-refractivity contribution in [3.63, 3.8) is 0 Å². The normalized spacial score (nSPS) is 10.4. The number of hydrogen-bond donors (Lipinski definition) is 0. The average molecular weight is 359 g/mol. The van der Waals surface area contributed by atoms with Gasteiger partial charge in [0, 0.05) is 0 Å². The molecule has 0 amide bonds. The first kappa shape index (κ1) is 16.7. The van der Waals surface area contributed by atoms with E-state index in [0.717, 1.165) is 11.1 Å². The zero-order chi connectivity index (χ0) is 16.8. The standard InChI is InChI=1S/C20H16Cl2O2/c21-17-11-12-18(23-13-15-7-3-1-4-8-15)20(19(17)22)24-14-16-9-5-2-6-10-16/h1-12H,13-14H2. The van der Waals surface area contributed by atoms with E-state index in [-0.39, 0.29) is 0 Å². The Balaban J connectivity index is 1.77. The summed E-state index contributed by atoms with van der Waals surface area (Å²) in [5.41, 5.74) is 2.11. The Bertz CT molecular complexity index is 789. The fourth-order valence-electron chi connectivity index (χ4n) is 2.23. The van der Waals surface area contributed by atoms with E-state index >= 15 is 0 Å². The first-order valence-electron chi connectivity index (χ1n) is 7.55. The van der Waals surface area contributed by atoms with Crippen LogP contribution in [0.1, 0.15) is 11.1 Å². The van der Waals surface area contributed by atoms with Gasteiger partial charge in [-0.05, 0) is 23.3 Å². The van der Waals surface area contributed by atoms with Crippen LogP contribution in [-0.4, -0.2) is 0 Å². The Morgan fingerprint density at radius 2 is 1.17 bits per heavy atom. The summed E-state index contributed by atoms with van der Waals surface area (Å²) >= 11 is 12.4. The lowest BCUT2D eigenvalue weighted by molar-refractivity contribution is 0.256. The highest BCUT2D eigenvalue weighted by molar-refractivity contribution is 6.43. The van der Waals surface area contributed by atoms with Gasteiger partial charge in [0.1, 0.15) is 18.2 Å². The first-order chi connectivity index (χ1) is 11.7. The second kappa shape index (κ2) is 8.09. The molecule has 0 spiro atoms. The zero-order valence-electron chi connectivity index (χ0n) is 12.9. The minimum atomic E-state index is 0.359. The molecule has 2 nitrogen and oxygen atoms in total. The van der Waals surface area contributed by atoms with Crippen LogP contribution in [0.4, 0.5) is 0 Å². The molecule has 0 unspecified atom stereocenters. The lowest BCUT2D eigenvalue weighted by atomic mass is 10.2. The van der Waals surface area contributed by atoms with Gasteiger partial charge in [0.15, 0.2) is 11.5 Å². The SMILES string of the molecule is Clc1ccc(OCc2ccccc2)c(OCc2ccccc2)c1Cl. The topological polar surface area (TPSA) is 18.5 Å². The molecule has 0 bridgehead atoms. The van der Waals surface area contributed by atoms with Gasteiger partial charge in [0.2, 0.25) is 0 Å². The van der Waals surface area contributed by atoms with Crippen molar-refractivity contribution in [1.29, 1.82) is 0 Å². The van der Waals surface area contributed by atoms with Crippen LogP contribution in [0.2, 0.25) is 10.0 Å². The van der Waals surface area contributed by atoms with Gasteiger partial charge in [-0.3, -0.25) is 0 Å². The van der Waals surface area contributed by atoms with Crippen LogP contribution in [0.3, 0.4) is 0 Å². The second-order valence-corrected chi connectivity index (χ2v) is 6.02. The number of rotatable bonds is 6. The zero-order valence-corrected chi connectivity index (χ0v) is 14.4. The van der Waals surface area contributed by atoms with Crippen molar-refractivity contribution in [2.24, 2.45) is 0 Å². The predicted molar refractivity (Wildman–Crippen MR) is 98.0 cm³/mol. The molecule has 24 heavy (non-hydrogen) atoms. The van der Waals surface area contributed by atoms with Crippen molar-refractivity contribution >= 4 is 23.2 Å². The number of benzene rings is 3. The molecule has 0 N–H and O–H groups in total. The molecule has 0 aliphatic rings. The molecule has 122 valence electrons. The molecule has 0 aliphatic carbocycles. The third kappa shape index (κ3) is 4.22. The Morgan fingerprint density at radius 3 is 1.75 bits per heavy atom. The quantitative estimate of drug-likeness (QED) is 0.525. The molecule has 0 aliphatic heterocycles. The number of hydrogen-bond acceptors (Lipinski definition) is 2. The van der Waals surface area contributed by atoms with E-state index in [1.807, 2.05) is 60.7 Å². The van der Waals surface area contributed by atoms with E-state index in [0.29, 0.717) is 34.8 Å². The summed E-state index contributed by atoms with van der Waals surface area (Å²) in [6, 6.07) is 23.3. The van der Waals surface area contributed by atoms with E-state index in [4.69, 9.17) is 32.7 Å². The van der Waals surface area contributed by atoms with Crippen molar-refractivity contribution in [3.8, 4) is 11.5 Å². The number of halogens is 2. The van der Waals surface area contributed by atoms with Gasteiger partial charge < -0.3 is 9.47 Å². The molecule has 3 aromatic rings. The molecule has 3 aromatic carbocycles. The fourth-order valence-corrected chi connectivity index (χ4v) is 2.59. The highest BCUT2D eigenvalue weighted by atomic mass is 35.5. The Labute approximate surface area is 151 Å². The monoisotopic (exact) mass is 358 g/mol. The maximum atomic E-state index is 6.31. The summed E-state index contributed by atoms with van der Waals surface area (Å²) in [6.07, 6.45) is 0. The largest absolute Gasteiger partial charge is 0.485 e. The molecule has 0 radical (unpaired) electrons. The molecule has 0 saturated heterocycles.